The van der Waals surface area contributed by atoms with Crippen molar-refractivity contribution in [2.75, 3.05) is 23.3 Å². The van der Waals surface area contributed by atoms with E-state index in [1.165, 1.54) is 19.2 Å². The maximum Gasteiger partial charge on any atom is 0.128 e. The maximum absolute atomic E-state index is 4.51. The Labute approximate surface area is 112 Å². The van der Waals surface area contributed by atoms with Gasteiger partial charge in [-0.25, -0.2) is 15.0 Å². The summed E-state index contributed by atoms with van der Waals surface area (Å²) < 4.78 is 0. The monoisotopic (exact) mass is 255 g/mol. The van der Waals surface area contributed by atoms with Gasteiger partial charge in [-0.1, -0.05) is 0 Å². The predicted octanol–water partition coefficient (Wildman–Crippen LogP) is 2.08. The Morgan fingerprint density at radius 2 is 1.84 bits per heavy atom. The first-order valence-electron chi connectivity index (χ1n) is 6.60. The van der Waals surface area contributed by atoms with Gasteiger partial charge in [0.1, 0.15) is 12.1 Å². The molecule has 0 spiro atoms. The molecule has 0 saturated carbocycles. The Morgan fingerprint density at radius 1 is 1.05 bits per heavy atom. The summed E-state index contributed by atoms with van der Waals surface area (Å²) in [6.45, 7) is 2.97. The zero-order valence-corrected chi connectivity index (χ0v) is 10.8. The molecule has 1 aliphatic rings. The fourth-order valence-electron chi connectivity index (χ4n) is 2.25. The second-order valence-corrected chi connectivity index (χ2v) is 4.70. The van der Waals surface area contributed by atoms with E-state index in [1.54, 1.807) is 0 Å². The van der Waals surface area contributed by atoms with Gasteiger partial charge in [0.25, 0.3) is 0 Å². The molecule has 1 saturated heterocycles. The van der Waals surface area contributed by atoms with Crippen molar-refractivity contribution in [1.82, 2.24) is 15.0 Å². The van der Waals surface area contributed by atoms with Crippen LogP contribution in [0.1, 0.15) is 18.4 Å². The Morgan fingerprint density at radius 3 is 2.53 bits per heavy atom. The van der Waals surface area contributed by atoms with Crippen LogP contribution in [0.15, 0.2) is 37.1 Å². The number of anilines is 2. The highest BCUT2D eigenvalue weighted by atomic mass is 15.2. The standard InChI is InChI=1S/C14H17N5/c1-2-6-19(5-1)14-4-3-13(10-18-14)17-9-12-7-15-11-16-8-12/h3-4,7-8,10-11,17H,1-2,5-6,9H2. The van der Waals surface area contributed by atoms with Crippen LogP contribution in [0, 0.1) is 0 Å². The van der Waals surface area contributed by atoms with Crippen LogP contribution >= 0.6 is 0 Å². The highest BCUT2D eigenvalue weighted by Crippen LogP contribution is 2.19. The van der Waals surface area contributed by atoms with E-state index in [1.807, 2.05) is 18.6 Å². The molecule has 0 amide bonds. The molecule has 3 rings (SSSR count). The van der Waals surface area contributed by atoms with Gasteiger partial charge in [0, 0.05) is 37.6 Å². The number of aromatic nitrogens is 3. The molecule has 98 valence electrons. The van der Waals surface area contributed by atoms with Gasteiger partial charge in [-0.3, -0.25) is 0 Å². The number of pyridine rings is 1. The van der Waals surface area contributed by atoms with E-state index in [0.29, 0.717) is 6.54 Å². The smallest absolute Gasteiger partial charge is 0.128 e. The van der Waals surface area contributed by atoms with E-state index in [0.717, 1.165) is 30.2 Å². The lowest BCUT2D eigenvalue weighted by Crippen LogP contribution is -2.18. The van der Waals surface area contributed by atoms with Crippen LogP contribution in [-0.4, -0.2) is 28.0 Å². The lowest BCUT2D eigenvalue weighted by Gasteiger charge is -2.16. The fraction of sp³-hybridized carbons (Fsp3) is 0.357. The minimum atomic E-state index is 0.714. The summed E-state index contributed by atoms with van der Waals surface area (Å²) >= 11 is 0. The molecule has 0 bridgehead atoms. The Hall–Kier alpha value is -2.17. The number of hydrogen-bond donors (Lipinski definition) is 1. The Bertz CT molecular complexity index is 505. The second kappa shape index (κ2) is 5.65. The van der Waals surface area contributed by atoms with Gasteiger partial charge < -0.3 is 10.2 Å². The summed E-state index contributed by atoms with van der Waals surface area (Å²) in [6, 6.07) is 4.15. The molecular weight excluding hydrogens is 238 g/mol. The van der Waals surface area contributed by atoms with E-state index in [-0.39, 0.29) is 0 Å². The van der Waals surface area contributed by atoms with E-state index >= 15 is 0 Å². The average molecular weight is 255 g/mol. The van der Waals surface area contributed by atoms with Crippen LogP contribution in [0.5, 0.6) is 0 Å². The first kappa shape index (κ1) is 11.9. The Kier molecular flexibility index (Phi) is 3.54. The molecule has 1 N–H and O–H groups in total. The third-order valence-electron chi connectivity index (χ3n) is 3.29. The fourth-order valence-corrected chi connectivity index (χ4v) is 2.25. The van der Waals surface area contributed by atoms with Crippen LogP contribution in [0.4, 0.5) is 11.5 Å². The van der Waals surface area contributed by atoms with Gasteiger partial charge in [-0.2, -0.15) is 0 Å². The quantitative estimate of drug-likeness (QED) is 0.906. The summed E-state index contributed by atoms with van der Waals surface area (Å²) in [5.74, 6) is 1.08. The van der Waals surface area contributed by atoms with Crippen molar-refractivity contribution in [1.29, 1.82) is 0 Å². The summed E-state index contributed by atoms with van der Waals surface area (Å²) in [5, 5.41) is 3.32. The molecule has 2 aromatic heterocycles. The predicted molar refractivity (Wildman–Crippen MR) is 75.0 cm³/mol. The lowest BCUT2D eigenvalue weighted by atomic mass is 10.3. The highest BCUT2D eigenvalue weighted by molar-refractivity contribution is 5.49. The number of nitrogens with zero attached hydrogens (tertiary/aromatic N) is 4. The molecule has 1 aliphatic heterocycles. The number of rotatable bonds is 4. The zero-order chi connectivity index (χ0) is 12.9. The molecule has 2 aromatic rings. The first-order valence-corrected chi connectivity index (χ1v) is 6.60. The van der Waals surface area contributed by atoms with E-state index in [2.05, 4.69) is 37.3 Å². The highest BCUT2D eigenvalue weighted by Gasteiger charge is 2.12. The van der Waals surface area contributed by atoms with Gasteiger partial charge in [0.15, 0.2) is 0 Å². The van der Waals surface area contributed by atoms with Crippen LogP contribution in [0.2, 0.25) is 0 Å². The number of nitrogens with one attached hydrogen (secondary N) is 1. The average Bonchev–Trinajstić information content (AvgIpc) is 3.01. The molecule has 3 heterocycles. The van der Waals surface area contributed by atoms with Gasteiger partial charge in [-0.15, -0.1) is 0 Å². The molecule has 0 unspecified atom stereocenters. The van der Waals surface area contributed by atoms with Crippen molar-refractivity contribution in [2.24, 2.45) is 0 Å². The summed E-state index contributed by atoms with van der Waals surface area (Å²) in [7, 11) is 0. The van der Waals surface area contributed by atoms with E-state index in [9.17, 15) is 0 Å². The third-order valence-corrected chi connectivity index (χ3v) is 3.29. The molecule has 0 aromatic carbocycles. The van der Waals surface area contributed by atoms with Crippen LogP contribution in [0.3, 0.4) is 0 Å². The summed E-state index contributed by atoms with van der Waals surface area (Å²) in [6.07, 6.45) is 9.59. The topological polar surface area (TPSA) is 53.9 Å². The molecular formula is C14H17N5. The van der Waals surface area contributed by atoms with Crippen molar-refractivity contribution in [3.8, 4) is 0 Å². The molecule has 0 radical (unpaired) electrons. The van der Waals surface area contributed by atoms with Crippen molar-refractivity contribution >= 4 is 11.5 Å². The van der Waals surface area contributed by atoms with Crippen LogP contribution < -0.4 is 10.2 Å². The van der Waals surface area contributed by atoms with Gasteiger partial charge in [0.05, 0.1) is 11.9 Å². The minimum Gasteiger partial charge on any atom is -0.380 e. The summed E-state index contributed by atoms with van der Waals surface area (Å²) in [4.78, 5) is 14.8. The van der Waals surface area contributed by atoms with Crippen LogP contribution in [-0.2, 0) is 6.54 Å². The normalized spacial score (nSPS) is 14.6. The number of hydrogen-bond acceptors (Lipinski definition) is 5. The molecule has 5 heteroatoms. The first-order chi connectivity index (χ1) is 9.42. The largest absolute Gasteiger partial charge is 0.380 e. The van der Waals surface area contributed by atoms with Gasteiger partial charge in [-0.05, 0) is 25.0 Å². The molecule has 0 atom stereocenters. The van der Waals surface area contributed by atoms with E-state index < -0.39 is 0 Å². The lowest BCUT2D eigenvalue weighted by molar-refractivity contribution is 0.937. The van der Waals surface area contributed by atoms with Crippen molar-refractivity contribution < 1.29 is 0 Å². The van der Waals surface area contributed by atoms with Crippen molar-refractivity contribution in [3.05, 3.63) is 42.6 Å². The molecule has 1 fully saturated rings. The van der Waals surface area contributed by atoms with E-state index in [4.69, 9.17) is 0 Å². The van der Waals surface area contributed by atoms with Crippen LogP contribution in [0.25, 0.3) is 0 Å². The minimum absolute atomic E-state index is 0.714. The van der Waals surface area contributed by atoms with Crippen molar-refractivity contribution in [3.63, 3.8) is 0 Å². The zero-order valence-electron chi connectivity index (χ0n) is 10.8. The SMILES string of the molecule is c1ncc(CNc2ccc(N3CCCC3)nc2)cn1. The third kappa shape index (κ3) is 2.99. The second-order valence-electron chi connectivity index (χ2n) is 4.70. The molecule has 0 aliphatic carbocycles. The maximum atomic E-state index is 4.51. The van der Waals surface area contributed by atoms with Crippen molar-refractivity contribution in [2.45, 2.75) is 19.4 Å². The Balaban J connectivity index is 1.60. The molecule has 5 nitrogen and oxygen atoms in total. The molecule has 19 heavy (non-hydrogen) atoms. The van der Waals surface area contributed by atoms with Gasteiger partial charge >= 0.3 is 0 Å². The summed E-state index contributed by atoms with van der Waals surface area (Å²) in [5.41, 5.74) is 2.08. The van der Waals surface area contributed by atoms with Gasteiger partial charge in [0.2, 0.25) is 0 Å².